The summed E-state index contributed by atoms with van der Waals surface area (Å²) < 4.78 is 39.6. The lowest BCUT2D eigenvalue weighted by molar-refractivity contribution is -0.137. The fourth-order valence-corrected chi connectivity index (χ4v) is 4.20. The number of rotatable bonds is 6. The van der Waals surface area contributed by atoms with Crippen LogP contribution in [0.4, 0.5) is 13.2 Å². The number of halogens is 3. The number of carbonyl (C=O) groups is 2. The maximum absolute atomic E-state index is 13.2. The number of nitrogens with one attached hydrogen (secondary N) is 2. The molecule has 10 heteroatoms. The van der Waals surface area contributed by atoms with Crippen molar-refractivity contribution in [2.24, 2.45) is 0 Å². The van der Waals surface area contributed by atoms with Crippen LogP contribution >= 0.6 is 11.3 Å². The summed E-state index contributed by atoms with van der Waals surface area (Å²) in [6.07, 6.45) is -3.43. The predicted octanol–water partition coefficient (Wildman–Crippen LogP) is 4.25. The molecule has 1 atom stereocenters. The molecule has 3 aromatic rings. The van der Waals surface area contributed by atoms with E-state index in [2.05, 4.69) is 15.5 Å². The minimum atomic E-state index is -4.51. The minimum absolute atomic E-state index is 0.0778. The van der Waals surface area contributed by atoms with Gasteiger partial charge in [-0.25, -0.2) is 0 Å². The molecule has 4 rings (SSSR count). The first kappa shape index (κ1) is 21.1. The number of likely N-dealkylation sites (tertiary alicyclic amines) is 1. The fraction of sp³-hybridized carbons (Fsp3) is 0.286. The van der Waals surface area contributed by atoms with Crippen LogP contribution in [0.25, 0.3) is 10.6 Å². The van der Waals surface area contributed by atoms with Crippen LogP contribution in [0.1, 0.15) is 40.5 Å². The van der Waals surface area contributed by atoms with Crippen LogP contribution in [0.15, 0.2) is 47.8 Å². The molecule has 162 valence electrons. The second-order valence-corrected chi connectivity index (χ2v) is 8.18. The van der Waals surface area contributed by atoms with Gasteiger partial charge in [-0.3, -0.25) is 14.7 Å². The molecule has 0 spiro atoms. The van der Waals surface area contributed by atoms with Gasteiger partial charge in [-0.05, 0) is 41.6 Å². The number of benzene rings is 1. The zero-order chi connectivity index (χ0) is 22.0. The van der Waals surface area contributed by atoms with Gasteiger partial charge in [-0.15, -0.1) is 11.3 Å². The van der Waals surface area contributed by atoms with Gasteiger partial charge in [-0.1, -0.05) is 18.2 Å². The predicted molar refractivity (Wildman–Crippen MR) is 109 cm³/mol. The summed E-state index contributed by atoms with van der Waals surface area (Å²) in [5, 5.41) is 11.5. The number of aromatic amines is 1. The van der Waals surface area contributed by atoms with Gasteiger partial charge >= 0.3 is 6.18 Å². The van der Waals surface area contributed by atoms with Gasteiger partial charge in [0.05, 0.1) is 22.2 Å². The summed E-state index contributed by atoms with van der Waals surface area (Å²) in [7, 11) is 0. The Bertz CT molecular complexity index is 1080. The number of carbonyl (C=O) groups excluding carboxylic acids is 2. The van der Waals surface area contributed by atoms with Crippen molar-refractivity contribution < 1.29 is 22.8 Å². The number of H-pyrrole nitrogens is 1. The molecule has 3 heterocycles. The van der Waals surface area contributed by atoms with E-state index in [1.165, 1.54) is 23.5 Å². The van der Waals surface area contributed by atoms with Crippen LogP contribution in [0, 0.1) is 0 Å². The van der Waals surface area contributed by atoms with Crippen LogP contribution < -0.4 is 5.32 Å². The number of amides is 2. The lowest BCUT2D eigenvalue weighted by Crippen LogP contribution is -2.38. The second kappa shape index (κ2) is 8.54. The molecule has 1 aromatic carbocycles. The molecule has 2 N–H and O–H groups in total. The van der Waals surface area contributed by atoms with Crippen molar-refractivity contribution in [3.05, 3.63) is 64.7 Å². The van der Waals surface area contributed by atoms with Crippen molar-refractivity contribution in [1.29, 1.82) is 0 Å². The fourth-order valence-electron chi connectivity index (χ4n) is 3.51. The van der Waals surface area contributed by atoms with E-state index in [0.29, 0.717) is 25.1 Å². The molecule has 2 aromatic heterocycles. The SMILES string of the molecule is O=C(NC(CN1CCCC1=O)c1cccc(C(F)(F)F)c1)c1cc(-c2cccs2)[nH]n1. The summed E-state index contributed by atoms with van der Waals surface area (Å²) in [5.74, 6) is -0.612. The highest BCUT2D eigenvalue weighted by molar-refractivity contribution is 7.13. The van der Waals surface area contributed by atoms with E-state index in [9.17, 15) is 22.8 Å². The Morgan fingerprint density at radius 1 is 1.26 bits per heavy atom. The van der Waals surface area contributed by atoms with E-state index in [0.717, 1.165) is 17.0 Å². The van der Waals surface area contributed by atoms with Crippen molar-refractivity contribution in [2.45, 2.75) is 25.1 Å². The first-order chi connectivity index (χ1) is 14.8. The highest BCUT2D eigenvalue weighted by Gasteiger charge is 2.32. The average molecular weight is 448 g/mol. The summed E-state index contributed by atoms with van der Waals surface area (Å²) >= 11 is 1.48. The van der Waals surface area contributed by atoms with Crippen molar-refractivity contribution in [2.75, 3.05) is 13.1 Å². The van der Waals surface area contributed by atoms with Gasteiger partial charge < -0.3 is 10.2 Å². The molecule has 0 aliphatic carbocycles. The lowest BCUT2D eigenvalue weighted by atomic mass is 10.0. The zero-order valence-electron chi connectivity index (χ0n) is 16.3. The van der Waals surface area contributed by atoms with Gasteiger partial charge in [0.2, 0.25) is 5.91 Å². The number of aromatic nitrogens is 2. The van der Waals surface area contributed by atoms with E-state index in [1.807, 2.05) is 17.5 Å². The quantitative estimate of drug-likeness (QED) is 0.592. The topological polar surface area (TPSA) is 78.1 Å². The molecular weight excluding hydrogens is 429 g/mol. The Balaban J connectivity index is 1.58. The average Bonchev–Trinajstić information content (AvgIpc) is 3.49. The van der Waals surface area contributed by atoms with Crippen LogP contribution in [0.5, 0.6) is 0 Å². The van der Waals surface area contributed by atoms with Crippen molar-refractivity contribution in [1.82, 2.24) is 20.4 Å². The van der Waals surface area contributed by atoms with Gasteiger partial charge in [0.25, 0.3) is 5.91 Å². The normalized spacial score (nSPS) is 15.3. The third kappa shape index (κ3) is 4.79. The van der Waals surface area contributed by atoms with Crippen LogP contribution in [-0.4, -0.2) is 40.0 Å². The van der Waals surface area contributed by atoms with E-state index in [-0.39, 0.29) is 23.7 Å². The lowest BCUT2D eigenvalue weighted by Gasteiger charge is -2.25. The second-order valence-electron chi connectivity index (χ2n) is 7.24. The third-order valence-corrected chi connectivity index (χ3v) is 6.00. The molecule has 0 radical (unpaired) electrons. The molecule has 1 unspecified atom stereocenters. The Kier molecular flexibility index (Phi) is 5.81. The van der Waals surface area contributed by atoms with Crippen molar-refractivity contribution in [3.63, 3.8) is 0 Å². The van der Waals surface area contributed by atoms with Crippen molar-refractivity contribution >= 4 is 23.2 Å². The standard InChI is InChI=1S/C21H19F3N4O2S/c22-21(23,24)14-5-1-4-13(10-14)17(12-28-8-2-7-19(28)29)25-20(30)16-11-15(26-27-16)18-6-3-9-31-18/h1,3-6,9-11,17H,2,7-8,12H2,(H,25,30)(H,26,27). The van der Waals surface area contributed by atoms with Gasteiger partial charge in [-0.2, -0.15) is 18.3 Å². The summed E-state index contributed by atoms with van der Waals surface area (Å²) in [6.45, 7) is 0.600. The molecule has 1 saturated heterocycles. The van der Waals surface area contributed by atoms with E-state index < -0.39 is 23.7 Å². The Morgan fingerprint density at radius 2 is 2.10 bits per heavy atom. The molecule has 1 fully saturated rings. The molecule has 2 amide bonds. The van der Waals surface area contributed by atoms with Crippen LogP contribution in [0.3, 0.4) is 0 Å². The summed E-state index contributed by atoms with van der Waals surface area (Å²) in [5.41, 5.74) is 0.257. The molecule has 6 nitrogen and oxygen atoms in total. The Hall–Kier alpha value is -3.14. The first-order valence-corrected chi connectivity index (χ1v) is 10.5. The largest absolute Gasteiger partial charge is 0.416 e. The minimum Gasteiger partial charge on any atom is -0.342 e. The monoisotopic (exact) mass is 448 g/mol. The number of hydrogen-bond donors (Lipinski definition) is 2. The van der Waals surface area contributed by atoms with E-state index in [1.54, 1.807) is 11.0 Å². The molecule has 0 bridgehead atoms. The highest BCUT2D eigenvalue weighted by atomic mass is 32.1. The van der Waals surface area contributed by atoms with Gasteiger partial charge in [0.1, 0.15) is 0 Å². The number of nitrogens with zero attached hydrogens (tertiary/aromatic N) is 2. The summed E-state index contributed by atoms with van der Waals surface area (Å²) in [6, 6.07) is 9.33. The Labute approximate surface area is 180 Å². The zero-order valence-corrected chi connectivity index (χ0v) is 17.1. The van der Waals surface area contributed by atoms with Crippen molar-refractivity contribution in [3.8, 4) is 10.6 Å². The summed E-state index contributed by atoms with van der Waals surface area (Å²) in [4.78, 5) is 27.4. The highest BCUT2D eigenvalue weighted by Crippen LogP contribution is 2.31. The van der Waals surface area contributed by atoms with Crippen LogP contribution in [0.2, 0.25) is 0 Å². The van der Waals surface area contributed by atoms with E-state index >= 15 is 0 Å². The molecule has 1 aliphatic rings. The van der Waals surface area contributed by atoms with E-state index in [4.69, 9.17) is 0 Å². The first-order valence-electron chi connectivity index (χ1n) is 9.66. The number of thiophene rings is 1. The molecule has 1 aliphatic heterocycles. The molecule has 31 heavy (non-hydrogen) atoms. The maximum atomic E-state index is 13.2. The third-order valence-electron chi connectivity index (χ3n) is 5.09. The molecule has 0 saturated carbocycles. The number of hydrogen-bond acceptors (Lipinski definition) is 4. The molecular formula is C21H19F3N4O2S. The Morgan fingerprint density at radius 3 is 2.77 bits per heavy atom. The van der Waals surface area contributed by atoms with Gasteiger partial charge in [0, 0.05) is 19.5 Å². The van der Waals surface area contributed by atoms with Crippen LogP contribution in [-0.2, 0) is 11.0 Å². The smallest absolute Gasteiger partial charge is 0.342 e. The number of alkyl halides is 3. The maximum Gasteiger partial charge on any atom is 0.416 e. The van der Waals surface area contributed by atoms with Gasteiger partial charge in [0.15, 0.2) is 5.69 Å².